The zero-order valence-electron chi connectivity index (χ0n) is 7.68. The van der Waals surface area contributed by atoms with Crippen molar-refractivity contribution in [3.05, 3.63) is 12.3 Å². The fourth-order valence-electron chi connectivity index (χ4n) is 1.49. The fourth-order valence-corrected chi connectivity index (χ4v) is 1.49. The molecule has 1 N–H and O–H groups in total. The van der Waals surface area contributed by atoms with Crippen molar-refractivity contribution < 1.29 is 4.79 Å². The summed E-state index contributed by atoms with van der Waals surface area (Å²) in [5.74, 6) is 0.440. The topological polar surface area (TPSA) is 29.1 Å². The smallest absolute Gasteiger partial charge is 0.227 e. The molecule has 0 aromatic carbocycles. The van der Waals surface area contributed by atoms with E-state index in [2.05, 4.69) is 12.2 Å². The van der Waals surface area contributed by atoms with Crippen LogP contribution in [0.3, 0.4) is 0 Å². The summed E-state index contributed by atoms with van der Waals surface area (Å²) >= 11 is 0. The second-order valence-electron chi connectivity index (χ2n) is 3.34. The Morgan fingerprint density at radius 3 is 3.08 bits per heavy atom. The lowest BCUT2D eigenvalue weighted by atomic mass is 9.95. The predicted molar refractivity (Wildman–Crippen MR) is 49.5 cm³/mol. The van der Waals surface area contributed by atoms with Crippen molar-refractivity contribution in [2.75, 3.05) is 0 Å². The molecule has 1 rings (SSSR count). The minimum Gasteiger partial charge on any atom is -0.333 e. The minimum atomic E-state index is 0.202. The summed E-state index contributed by atoms with van der Waals surface area (Å²) in [5.41, 5.74) is 0. The van der Waals surface area contributed by atoms with Crippen molar-refractivity contribution in [2.45, 2.75) is 39.0 Å². The Kier molecular flexibility index (Phi) is 3.85. The van der Waals surface area contributed by atoms with Gasteiger partial charge in [0.15, 0.2) is 0 Å². The molecule has 68 valence electrons. The molecule has 0 fully saturated rings. The van der Waals surface area contributed by atoms with Crippen LogP contribution in [0.25, 0.3) is 0 Å². The molecule has 2 nitrogen and oxygen atoms in total. The second kappa shape index (κ2) is 4.96. The van der Waals surface area contributed by atoms with E-state index in [4.69, 9.17) is 0 Å². The Labute approximate surface area is 74.0 Å². The first-order valence-corrected chi connectivity index (χ1v) is 4.80. The van der Waals surface area contributed by atoms with Crippen molar-refractivity contribution in [2.24, 2.45) is 5.92 Å². The standard InChI is InChI=1S/C10H17NO/c1-2-3-4-6-9-7-5-8-11-10(9)12/h5,8-9H,2-4,6-7H2,1H3,(H,11,12). The first kappa shape index (κ1) is 9.30. The van der Waals surface area contributed by atoms with E-state index in [1.165, 1.54) is 19.3 Å². The SMILES string of the molecule is CCCCCC1CC=CNC1=O. The van der Waals surface area contributed by atoms with E-state index in [1.807, 2.05) is 6.08 Å². The molecule has 1 unspecified atom stereocenters. The molecule has 0 aromatic heterocycles. The van der Waals surface area contributed by atoms with Gasteiger partial charge in [-0.3, -0.25) is 4.79 Å². The second-order valence-corrected chi connectivity index (χ2v) is 3.34. The third-order valence-corrected chi connectivity index (χ3v) is 2.29. The lowest BCUT2D eigenvalue weighted by molar-refractivity contribution is -0.124. The molecule has 0 bridgehead atoms. The van der Waals surface area contributed by atoms with Gasteiger partial charge in [-0.05, 0) is 19.0 Å². The normalized spacial score (nSPS) is 22.4. The number of unbranched alkanes of at least 4 members (excludes halogenated alkanes) is 2. The van der Waals surface area contributed by atoms with E-state index in [0.29, 0.717) is 0 Å². The lowest BCUT2D eigenvalue weighted by Gasteiger charge is -2.16. The van der Waals surface area contributed by atoms with Crippen LogP contribution in [0.2, 0.25) is 0 Å². The quantitative estimate of drug-likeness (QED) is 0.639. The van der Waals surface area contributed by atoms with Crippen molar-refractivity contribution >= 4 is 5.91 Å². The number of allylic oxidation sites excluding steroid dienone is 1. The third-order valence-electron chi connectivity index (χ3n) is 2.29. The maximum absolute atomic E-state index is 11.2. The Morgan fingerprint density at radius 2 is 2.42 bits per heavy atom. The van der Waals surface area contributed by atoms with Gasteiger partial charge < -0.3 is 5.32 Å². The van der Waals surface area contributed by atoms with Crippen LogP contribution in [0.15, 0.2) is 12.3 Å². The first-order chi connectivity index (χ1) is 5.84. The predicted octanol–water partition coefficient (Wildman–Crippen LogP) is 2.22. The summed E-state index contributed by atoms with van der Waals surface area (Å²) in [6, 6.07) is 0. The Balaban J connectivity index is 2.22. The van der Waals surface area contributed by atoms with E-state index < -0.39 is 0 Å². The zero-order chi connectivity index (χ0) is 8.81. The van der Waals surface area contributed by atoms with Gasteiger partial charge in [0.2, 0.25) is 5.91 Å². The summed E-state index contributed by atoms with van der Waals surface area (Å²) < 4.78 is 0. The minimum absolute atomic E-state index is 0.202. The van der Waals surface area contributed by atoms with Crippen molar-refractivity contribution in [1.29, 1.82) is 0 Å². The number of amides is 1. The number of hydrogen-bond donors (Lipinski definition) is 1. The Morgan fingerprint density at radius 1 is 1.58 bits per heavy atom. The molecule has 1 heterocycles. The number of hydrogen-bond acceptors (Lipinski definition) is 1. The molecule has 1 aliphatic rings. The average Bonchev–Trinajstić information content (AvgIpc) is 2.09. The van der Waals surface area contributed by atoms with Crippen molar-refractivity contribution in [3.63, 3.8) is 0 Å². The van der Waals surface area contributed by atoms with Crippen LogP contribution in [0.1, 0.15) is 39.0 Å². The molecule has 0 radical (unpaired) electrons. The van der Waals surface area contributed by atoms with Crippen LogP contribution in [-0.4, -0.2) is 5.91 Å². The average molecular weight is 167 g/mol. The summed E-state index contributed by atoms with van der Waals surface area (Å²) in [6.45, 7) is 2.18. The number of carbonyl (C=O) groups excluding carboxylic acids is 1. The van der Waals surface area contributed by atoms with Gasteiger partial charge in [-0.1, -0.05) is 32.3 Å². The van der Waals surface area contributed by atoms with Crippen LogP contribution in [0.4, 0.5) is 0 Å². The molecule has 1 amide bonds. The maximum Gasteiger partial charge on any atom is 0.227 e. The fraction of sp³-hybridized carbons (Fsp3) is 0.700. The molecule has 1 aliphatic heterocycles. The van der Waals surface area contributed by atoms with Gasteiger partial charge >= 0.3 is 0 Å². The van der Waals surface area contributed by atoms with E-state index in [1.54, 1.807) is 6.20 Å². The van der Waals surface area contributed by atoms with E-state index in [0.717, 1.165) is 12.8 Å². The van der Waals surface area contributed by atoms with E-state index in [9.17, 15) is 4.79 Å². The van der Waals surface area contributed by atoms with Crippen LogP contribution in [0, 0.1) is 5.92 Å². The number of carbonyl (C=O) groups is 1. The highest BCUT2D eigenvalue weighted by Gasteiger charge is 2.17. The third kappa shape index (κ3) is 2.68. The largest absolute Gasteiger partial charge is 0.333 e. The summed E-state index contributed by atoms with van der Waals surface area (Å²) in [6.07, 6.45) is 9.41. The molecule has 0 spiro atoms. The van der Waals surface area contributed by atoms with Gasteiger partial charge in [0.05, 0.1) is 0 Å². The van der Waals surface area contributed by atoms with Crippen LogP contribution >= 0.6 is 0 Å². The van der Waals surface area contributed by atoms with Gasteiger partial charge in [-0.15, -0.1) is 0 Å². The van der Waals surface area contributed by atoms with Crippen LogP contribution in [0.5, 0.6) is 0 Å². The van der Waals surface area contributed by atoms with Gasteiger partial charge in [-0.25, -0.2) is 0 Å². The first-order valence-electron chi connectivity index (χ1n) is 4.80. The van der Waals surface area contributed by atoms with E-state index in [-0.39, 0.29) is 11.8 Å². The summed E-state index contributed by atoms with van der Waals surface area (Å²) in [4.78, 5) is 11.2. The van der Waals surface area contributed by atoms with E-state index >= 15 is 0 Å². The summed E-state index contributed by atoms with van der Waals surface area (Å²) in [5, 5.41) is 2.74. The molecule has 12 heavy (non-hydrogen) atoms. The molecule has 1 atom stereocenters. The van der Waals surface area contributed by atoms with Crippen molar-refractivity contribution in [3.8, 4) is 0 Å². The summed E-state index contributed by atoms with van der Waals surface area (Å²) in [7, 11) is 0. The maximum atomic E-state index is 11.2. The highest BCUT2D eigenvalue weighted by atomic mass is 16.1. The van der Waals surface area contributed by atoms with Gasteiger partial charge in [0, 0.05) is 5.92 Å². The Hall–Kier alpha value is -0.790. The highest BCUT2D eigenvalue weighted by molar-refractivity contribution is 5.80. The van der Waals surface area contributed by atoms with Crippen molar-refractivity contribution in [1.82, 2.24) is 5.32 Å². The molecule has 0 saturated heterocycles. The Bertz CT molecular complexity index is 175. The van der Waals surface area contributed by atoms with Gasteiger partial charge in [-0.2, -0.15) is 0 Å². The lowest BCUT2D eigenvalue weighted by Crippen LogP contribution is -2.29. The van der Waals surface area contributed by atoms with Gasteiger partial charge in [0.25, 0.3) is 0 Å². The number of rotatable bonds is 4. The molecule has 0 saturated carbocycles. The highest BCUT2D eigenvalue weighted by Crippen LogP contribution is 2.16. The monoisotopic (exact) mass is 167 g/mol. The molecule has 0 aromatic rings. The van der Waals surface area contributed by atoms with Crippen LogP contribution < -0.4 is 5.32 Å². The zero-order valence-corrected chi connectivity index (χ0v) is 7.68. The molecule has 2 heteroatoms. The molecular formula is C10H17NO. The van der Waals surface area contributed by atoms with Crippen LogP contribution in [-0.2, 0) is 4.79 Å². The molecule has 0 aliphatic carbocycles. The molecular weight excluding hydrogens is 150 g/mol. The number of nitrogens with one attached hydrogen (secondary N) is 1. The van der Waals surface area contributed by atoms with Gasteiger partial charge in [0.1, 0.15) is 0 Å².